The third kappa shape index (κ3) is 5.04. The highest BCUT2D eigenvalue weighted by molar-refractivity contribution is 7.90. The van der Waals surface area contributed by atoms with E-state index in [0.717, 1.165) is 12.1 Å². The molecule has 0 amide bonds. The molecular weight excluding hydrogens is 309 g/mol. The van der Waals surface area contributed by atoms with Crippen LogP contribution in [0.15, 0.2) is 23.1 Å². The van der Waals surface area contributed by atoms with Gasteiger partial charge >= 0.3 is 0 Å². The molecule has 0 atom stereocenters. The van der Waals surface area contributed by atoms with Gasteiger partial charge in [-0.25, -0.2) is 17.9 Å². The maximum Gasteiger partial charge on any atom is 0.299 e. The Balaban J connectivity index is 2.94. The molecule has 0 aliphatic carbocycles. The fourth-order valence-electron chi connectivity index (χ4n) is 1.21. The van der Waals surface area contributed by atoms with E-state index in [-0.39, 0.29) is 18.2 Å². The third-order valence-electron chi connectivity index (χ3n) is 2.20. The molecule has 0 aromatic heterocycles. The molecule has 20 heavy (non-hydrogen) atoms. The average Bonchev–Trinajstić information content (AvgIpc) is 2.28. The third-order valence-corrected chi connectivity index (χ3v) is 4.14. The highest BCUT2D eigenvalue weighted by Gasteiger charge is 2.16. The van der Waals surface area contributed by atoms with E-state index in [2.05, 4.69) is 4.72 Å². The summed E-state index contributed by atoms with van der Waals surface area (Å²) < 4.78 is 63.1. The maximum atomic E-state index is 13.6. The van der Waals surface area contributed by atoms with Gasteiger partial charge in [0.05, 0.1) is 10.6 Å². The minimum absolute atomic E-state index is 0.0844. The lowest BCUT2D eigenvalue weighted by molar-refractivity contribution is 0.563. The molecule has 0 radical (unpaired) electrons. The lowest BCUT2D eigenvalue weighted by Gasteiger charge is -2.11. The van der Waals surface area contributed by atoms with Crippen LogP contribution in [-0.2, 0) is 20.2 Å². The van der Waals surface area contributed by atoms with Crippen LogP contribution in [0.5, 0.6) is 0 Å². The first-order valence-corrected chi connectivity index (χ1v) is 8.64. The number of nitrogens with one attached hydrogen (secondary N) is 2. The van der Waals surface area contributed by atoms with Crippen molar-refractivity contribution in [2.24, 2.45) is 11.1 Å². The summed E-state index contributed by atoms with van der Waals surface area (Å²) in [5, 5.41) is 4.84. The van der Waals surface area contributed by atoms with E-state index in [4.69, 9.17) is 5.14 Å². The first kappa shape index (κ1) is 16.8. The molecule has 0 heterocycles. The quantitative estimate of drug-likeness (QED) is 0.700. The van der Waals surface area contributed by atoms with Crippen molar-refractivity contribution in [2.75, 3.05) is 11.3 Å². The van der Waals surface area contributed by atoms with Gasteiger partial charge in [0.2, 0.25) is 10.0 Å². The van der Waals surface area contributed by atoms with E-state index in [1.54, 1.807) is 0 Å². The monoisotopic (exact) mass is 325 g/mol. The van der Waals surface area contributed by atoms with Crippen LogP contribution in [0.2, 0.25) is 0 Å². The molecule has 7 nitrogen and oxygen atoms in total. The molecule has 10 heteroatoms. The number of benzene rings is 1. The molecule has 0 spiro atoms. The summed E-state index contributed by atoms with van der Waals surface area (Å²) in [6.07, 6.45) is 0. The molecular formula is C10H16FN3O4S2. The minimum atomic E-state index is -4.04. The predicted octanol–water partition coefficient (Wildman–Crippen LogP) is 0.375. The Morgan fingerprint density at radius 3 is 2.30 bits per heavy atom. The lowest BCUT2D eigenvalue weighted by atomic mass is 10.2. The summed E-state index contributed by atoms with van der Waals surface area (Å²) in [7, 11) is -7.96. The zero-order valence-corrected chi connectivity index (χ0v) is 12.6. The van der Waals surface area contributed by atoms with Crippen molar-refractivity contribution in [3.05, 3.63) is 24.0 Å². The molecule has 0 aliphatic heterocycles. The van der Waals surface area contributed by atoms with Gasteiger partial charge in [-0.2, -0.15) is 13.1 Å². The summed E-state index contributed by atoms with van der Waals surface area (Å²) >= 11 is 0. The number of primary sulfonamides is 1. The lowest BCUT2D eigenvalue weighted by Crippen LogP contribution is -2.33. The Kier molecular flexibility index (Phi) is 5.08. The molecule has 0 aliphatic rings. The van der Waals surface area contributed by atoms with Gasteiger partial charge in [0.15, 0.2) is 0 Å². The van der Waals surface area contributed by atoms with Gasteiger partial charge < -0.3 is 0 Å². The second-order valence-corrected chi connectivity index (χ2v) is 7.60. The van der Waals surface area contributed by atoms with Crippen molar-refractivity contribution < 1.29 is 21.2 Å². The minimum Gasteiger partial charge on any atom is -0.268 e. The Labute approximate surface area is 117 Å². The fraction of sp³-hybridized carbons (Fsp3) is 0.400. The van der Waals surface area contributed by atoms with Gasteiger partial charge in [0.25, 0.3) is 10.2 Å². The van der Waals surface area contributed by atoms with Crippen molar-refractivity contribution in [1.29, 1.82) is 0 Å². The van der Waals surface area contributed by atoms with Crippen molar-refractivity contribution in [3.63, 3.8) is 0 Å². The molecule has 1 aromatic rings. The highest BCUT2D eigenvalue weighted by Crippen LogP contribution is 2.18. The highest BCUT2D eigenvalue weighted by atomic mass is 32.2. The molecule has 0 saturated carbocycles. The van der Waals surface area contributed by atoms with Crippen LogP contribution in [0.3, 0.4) is 0 Å². The van der Waals surface area contributed by atoms with E-state index < -0.39 is 30.9 Å². The average molecular weight is 325 g/mol. The van der Waals surface area contributed by atoms with Crippen LogP contribution in [0.1, 0.15) is 13.8 Å². The van der Waals surface area contributed by atoms with Crippen LogP contribution in [0.25, 0.3) is 0 Å². The van der Waals surface area contributed by atoms with E-state index >= 15 is 0 Å². The zero-order chi connectivity index (χ0) is 15.6. The molecule has 0 bridgehead atoms. The fourth-order valence-corrected chi connectivity index (χ4v) is 2.82. The van der Waals surface area contributed by atoms with Gasteiger partial charge in [-0.05, 0) is 24.1 Å². The molecule has 4 N–H and O–H groups in total. The van der Waals surface area contributed by atoms with Crippen LogP contribution in [-0.4, -0.2) is 23.4 Å². The van der Waals surface area contributed by atoms with Gasteiger partial charge in [0, 0.05) is 6.54 Å². The van der Waals surface area contributed by atoms with Gasteiger partial charge in [-0.1, -0.05) is 13.8 Å². The number of anilines is 1. The molecule has 1 aromatic carbocycles. The van der Waals surface area contributed by atoms with Crippen molar-refractivity contribution in [1.82, 2.24) is 4.72 Å². The number of halogens is 1. The number of rotatable bonds is 6. The Morgan fingerprint density at radius 1 is 1.25 bits per heavy atom. The van der Waals surface area contributed by atoms with Crippen LogP contribution in [0.4, 0.5) is 10.1 Å². The largest absolute Gasteiger partial charge is 0.299 e. The van der Waals surface area contributed by atoms with E-state index in [1.165, 1.54) is 0 Å². The summed E-state index contributed by atoms with van der Waals surface area (Å²) in [5.41, 5.74) is -0.367. The second kappa shape index (κ2) is 6.04. The topological polar surface area (TPSA) is 118 Å². The molecule has 0 fully saturated rings. The van der Waals surface area contributed by atoms with Crippen LogP contribution < -0.4 is 14.6 Å². The zero-order valence-electron chi connectivity index (χ0n) is 10.9. The normalized spacial score (nSPS) is 12.7. The molecule has 0 saturated heterocycles. The van der Waals surface area contributed by atoms with Crippen molar-refractivity contribution >= 4 is 25.9 Å². The summed E-state index contributed by atoms with van der Waals surface area (Å²) in [6, 6.07) is 2.65. The number of hydrogen-bond donors (Lipinski definition) is 3. The predicted molar refractivity (Wildman–Crippen MR) is 73.2 cm³/mol. The van der Waals surface area contributed by atoms with Gasteiger partial charge in [-0.15, -0.1) is 0 Å². The van der Waals surface area contributed by atoms with E-state index in [0.29, 0.717) is 6.07 Å². The Morgan fingerprint density at radius 2 is 1.85 bits per heavy atom. The second-order valence-electron chi connectivity index (χ2n) is 4.53. The van der Waals surface area contributed by atoms with Gasteiger partial charge in [-0.3, -0.25) is 4.72 Å². The Bertz CT molecular complexity index is 686. The van der Waals surface area contributed by atoms with Crippen molar-refractivity contribution in [3.8, 4) is 0 Å². The molecule has 1 rings (SSSR count). The van der Waals surface area contributed by atoms with E-state index in [9.17, 15) is 21.2 Å². The summed E-state index contributed by atoms with van der Waals surface area (Å²) in [5.74, 6) is -0.951. The summed E-state index contributed by atoms with van der Waals surface area (Å²) in [6.45, 7) is 3.81. The Hall–Kier alpha value is -1.23. The van der Waals surface area contributed by atoms with Gasteiger partial charge in [0.1, 0.15) is 5.82 Å². The smallest absolute Gasteiger partial charge is 0.268 e. The van der Waals surface area contributed by atoms with Crippen LogP contribution in [0, 0.1) is 11.7 Å². The molecule has 114 valence electrons. The summed E-state index contributed by atoms with van der Waals surface area (Å²) in [4.78, 5) is -0.437. The first-order chi connectivity index (χ1) is 9.01. The molecule has 0 unspecified atom stereocenters. The number of sulfonamides is 1. The van der Waals surface area contributed by atoms with Crippen molar-refractivity contribution in [2.45, 2.75) is 18.7 Å². The first-order valence-electron chi connectivity index (χ1n) is 5.61. The number of nitrogens with two attached hydrogens (primary N) is 1. The number of hydrogen-bond acceptors (Lipinski definition) is 4. The standard InChI is InChI=1S/C10H16FN3O4S2/c1-7(2)6-13-20(17,18)14-10-4-3-8(5-9(10)11)19(12,15)16/h3-5,7,13-14H,6H2,1-2H3,(H2,12,15,16). The van der Waals surface area contributed by atoms with E-state index in [1.807, 2.05) is 18.6 Å². The maximum absolute atomic E-state index is 13.6. The SMILES string of the molecule is CC(C)CNS(=O)(=O)Nc1ccc(S(N)(=O)=O)cc1F. The van der Waals surface area contributed by atoms with Crippen LogP contribution >= 0.6 is 0 Å².